The molecule has 1 rings (SSSR count). The molecule has 0 saturated carbocycles. The normalized spacial score (nSPS) is 11.6. The zero-order chi connectivity index (χ0) is 12.3. The molecule has 1 aromatic heterocycles. The Hall–Kier alpha value is -0.540. The average molecular weight is 262 g/mol. The van der Waals surface area contributed by atoms with Crippen LogP contribution in [0.3, 0.4) is 0 Å². The molecule has 0 aliphatic rings. The summed E-state index contributed by atoms with van der Waals surface area (Å²) in [5, 5.41) is 0.429. The Morgan fingerprint density at radius 3 is 2.50 bits per heavy atom. The molecule has 1 aromatic rings. The topological polar surface area (TPSA) is 29.0 Å². The van der Waals surface area contributed by atoms with E-state index in [0.29, 0.717) is 11.0 Å². The Balaban J connectivity index is 3.18. The highest BCUT2D eigenvalue weighted by Crippen LogP contribution is 2.29. The molecule has 0 bridgehead atoms. The summed E-state index contributed by atoms with van der Waals surface area (Å²) in [4.78, 5) is 10.3. The number of hydrogen-bond donors (Lipinski definition) is 0. The molecule has 0 aliphatic carbocycles. The lowest BCUT2D eigenvalue weighted by Crippen LogP contribution is -2.41. The van der Waals surface area contributed by atoms with Crippen LogP contribution in [0.4, 0.5) is 5.82 Å². The Morgan fingerprint density at radius 1 is 1.38 bits per heavy atom. The first-order valence-corrected chi connectivity index (χ1v) is 6.14. The molecule has 1 heterocycles. The lowest BCUT2D eigenvalue weighted by molar-refractivity contribution is 0.466. The molecule has 90 valence electrons. The molecule has 0 N–H and O–H groups in total. The highest BCUT2D eigenvalue weighted by atomic mass is 35.5. The quantitative estimate of drug-likeness (QED) is 0.614. The first-order valence-electron chi connectivity index (χ1n) is 5.23. The van der Waals surface area contributed by atoms with Gasteiger partial charge in [-0.1, -0.05) is 18.5 Å². The van der Waals surface area contributed by atoms with Crippen molar-refractivity contribution in [3.63, 3.8) is 0 Å². The van der Waals surface area contributed by atoms with E-state index in [0.717, 1.165) is 17.8 Å². The van der Waals surface area contributed by atoms with Gasteiger partial charge in [-0.2, -0.15) is 0 Å². The van der Waals surface area contributed by atoms with E-state index in [1.165, 1.54) is 6.33 Å². The van der Waals surface area contributed by atoms with E-state index in [-0.39, 0.29) is 5.54 Å². The third kappa shape index (κ3) is 2.58. The van der Waals surface area contributed by atoms with Crippen LogP contribution in [-0.4, -0.2) is 22.6 Å². The number of anilines is 1. The SMILES string of the molecule is CCC(C)(C)N(C)c1ncnc(Cl)c1CCl. The molecule has 0 spiro atoms. The van der Waals surface area contributed by atoms with E-state index >= 15 is 0 Å². The Bertz CT molecular complexity index is 366. The van der Waals surface area contributed by atoms with Crippen LogP contribution in [0.2, 0.25) is 5.15 Å². The minimum atomic E-state index is 0.0124. The van der Waals surface area contributed by atoms with Crippen molar-refractivity contribution in [1.82, 2.24) is 9.97 Å². The van der Waals surface area contributed by atoms with Gasteiger partial charge < -0.3 is 4.90 Å². The van der Waals surface area contributed by atoms with E-state index < -0.39 is 0 Å². The van der Waals surface area contributed by atoms with Crippen LogP contribution < -0.4 is 4.90 Å². The lowest BCUT2D eigenvalue weighted by atomic mass is 9.99. The van der Waals surface area contributed by atoms with Gasteiger partial charge in [0.25, 0.3) is 0 Å². The Labute approximate surface area is 107 Å². The van der Waals surface area contributed by atoms with Gasteiger partial charge in [-0.05, 0) is 20.3 Å². The fourth-order valence-corrected chi connectivity index (χ4v) is 1.82. The summed E-state index contributed by atoms with van der Waals surface area (Å²) in [6.45, 7) is 6.45. The minimum Gasteiger partial charge on any atom is -0.354 e. The molecule has 0 radical (unpaired) electrons. The molecule has 0 unspecified atom stereocenters. The van der Waals surface area contributed by atoms with E-state index in [1.54, 1.807) is 0 Å². The predicted molar refractivity (Wildman–Crippen MR) is 69.4 cm³/mol. The summed E-state index contributed by atoms with van der Waals surface area (Å²) in [7, 11) is 2.00. The first kappa shape index (κ1) is 13.5. The number of aromatic nitrogens is 2. The van der Waals surface area contributed by atoms with Crippen molar-refractivity contribution < 1.29 is 0 Å². The maximum atomic E-state index is 6.00. The van der Waals surface area contributed by atoms with Crippen molar-refractivity contribution in [3.8, 4) is 0 Å². The van der Waals surface area contributed by atoms with Gasteiger partial charge in [0, 0.05) is 18.2 Å². The third-order valence-electron chi connectivity index (χ3n) is 3.09. The second-order valence-corrected chi connectivity index (χ2v) is 4.95. The van der Waals surface area contributed by atoms with Crippen LogP contribution in [0.1, 0.15) is 32.8 Å². The molecule has 0 fully saturated rings. The van der Waals surface area contributed by atoms with Gasteiger partial charge in [0.1, 0.15) is 17.3 Å². The first-order chi connectivity index (χ1) is 7.44. The van der Waals surface area contributed by atoms with Gasteiger partial charge in [0.2, 0.25) is 0 Å². The fraction of sp³-hybridized carbons (Fsp3) is 0.636. The van der Waals surface area contributed by atoms with Crippen LogP contribution in [0.15, 0.2) is 6.33 Å². The largest absolute Gasteiger partial charge is 0.354 e. The smallest absolute Gasteiger partial charge is 0.138 e. The van der Waals surface area contributed by atoms with Crippen molar-refractivity contribution in [2.75, 3.05) is 11.9 Å². The van der Waals surface area contributed by atoms with Gasteiger partial charge in [-0.15, -0.1) is 11.6 Å². The highest BCUT2D eigenvalue weighted by Gasteiger charge is 2.25. The summed E-state index contributed by atoms with van der Waals surface area (Å²) < 4.78 is 0. The van der Waals surface area contributed by atoms with Crippen LogP contribution in [0, 0.1) is 0 Å². The van der Waals surface area contributed by atoms with E-state index in [4.69, 9.17) is 23.2 Å². The average Bonchev–Trinajstić information content (AvgIpc) is 2.27. The molecule has 0 atom stereocenters. The maximum absolute atomic E-state index is 6.00. The molecule has 0 saturated heterocycles. The van der Waals surface area contributed by atoms with Crippen molar-refractivity contribution >= 4 is 29.0 Å². The Morgan fingerprint density at radius 2 is 2.00 bits per heavy atom. The molecule has 16 heavy (non-hydrogen) atoms. The standard InChI is InChI=1S/C11H17Cl2N3/c1-5-11(2,3)16(4)10-8(6-12)9(13)14-7-15-10/h7H,5-6H2,1-4H3. The Kier molecular flexibility index (Phi) is 4.39. The number of rotatable bonds is 4. The van der Waals surface area contributed by atoms with Gasteiger partial charge in [0.15, 0.2) is 0 Å². The molecule has 0 aromatic carbocycles. The summed E-state index contributed by atoms with van der Waals surface area (Å²) >= 11 is 11.9. The second-order valence-electron chi connectivity index (χ2n) is 4.33. The summed E-state index contributed by atoms with van der Waals surface area (Å²) in [6, 6.07) is 0. The molecular formula is C11H17Cl2N3. The number of nitrogens with zero attached hydrogens (tertiary/aromatic N) is 3. The summed E-state index contributed by atoms with van der Waals surface area (Å²) in [5.74, 6) is 1.13. The number of alkyl halides is 1. The minimum absolute atomic E-state index is 0.0124. The van der Waals surface area contributed by atoms with Crippen LogP contribution in [-0.2, 0) is 5.88 Å². The van der Waals surface area contributed by atoms with Gasteiger partial charge in [-0.3, -0.25) is 0 Å². The highest BCUT2D eigenvalue weighted by molar-refractivity contribution is 6.31. The number of halogens is 2. The van der Waals surface area contributed by atoms with Crippen LogP contribution in [0.25, 0.3) is 0 Å². The zero-order valence-electron chi connectivity index (χ0n) is 10.1. The van der Waals surface area contributed by atoms with Crippen molar-refractivity contribution in [2.24, 2.45) is 0 Å². The van der Waals surface area contributed by atoms with E-state index in [1.807, 2.05) is 7.05 Å². The lowest BCUT2D eigenvalue weighted by Gasteiger charge is -2.36. The predicted octanol–water partition coefficient (Wildman–Crippen LogP) is 3.49. The molecule has 5 heteroatoms. The van der Waals surface area contributed by atoms with Crippen molar-refractivity contribution in [1.29, 1.82) is 0 Å². The molecule has 3 nitrogen and oxygen atoms in total. The second kappa shape index (κ2) is 5.19. The molecular weight excluding hydrogens is 245 g/mol. The van der Waals surface area contributed by atoms with E-state index in [2.05, 4.69) is 35.6 Å². The van der Waals surface area contributed by atoms with Gasteiger partial charge in [-0.25, -0.2) is 9.97 Å². The third-order valence-corrected chi connectivity index (χ3v) is 3.69. The van der Waals surface area contributed by atoms with Gasteiger partial charge >= 0.3 is 0 Å². The van der Waals surface area contributed by atoms with Crippen molar-refractivity contribution in [2.45, 2.75) is 38.6 Å². The van der Waals surface area contributed by atoms with Crippen LogP contribution in [0.5, 0.6) is 0 Å². The maximum Gasteiger partial charge on any atom is 0.138 e. The zero-order valence-corrected chi connectivity index (χ0v) is 11.6. The summed E-state index contributed by atoms with van der Waals surface area (Å²) in [5.41, 5.74) is 0.799. The van der Waals surface area contributed by atoms with Crippen molar-refractivity contribution in [3.05, 3.63) is 17.0 Å². The number of hydrogen-bond acceptors (Lipinski definition) is 3. The monoisotopic (exact) mass is 261 g/mol. The van der Waals surface area contributed by atoms with Crippen LogP contribution >= 0.6 is 23.2 Å². The summed E-state index contributed by atoms with van der Waals surface area (Å²) in [6.07, 6.45) is 2.48. The van der Waals surface area contributed by atoms with Gasteiger partial charge in [0.05, 0.1) is 5.88 Å². The molecule has 0 amide bonds. The fourth-order valence-electron chi connectivity index (χ4n) is 1.31. The van der Waals surface area contributed by atoms with E-state index in [9.17, 15) is 0 Å². The molecule has 0 aliphatic heterocycles.